The normalized spacial score (nSPS) is 17.1. The van der Waals surface area contributed by atoms with Crippen LogP contribution in [-0.2, 0) is 14.8 Å². The number of sulfonamides is 1. The van der Waals surface area contributed by atoms with Gasteiger partial charge in [0.1, 0.15) is 0 Å². The highest BCUT2D eigenvalue weighted by atomic mass is 32.2. The molecule has 210 valence electrons. The van der Waals surface area contributed by atoms with Gasteiger partial charge in [-0.2, -0.15) is 4.31 Å². The Morgan fingerprint density at radius 3 is 2.05 bits per heavy atom. The van der Waals surface area contributed by atoms with Crippen molar-refractivity contribution in [3.63, 3.8) is 0 Å². The predicted molar refractivity (Wildman–Crippen MR) is 152 cm³/mol. The summed E-state index contributed by atoms with van der Waals surface area (Å²) in [4.78, 5) is 39.2. The minimum Gasteiger partial charge on any atom is -0.339 e. The van der Waals surface area contributed by atoms with Crippen LogP contribution in [0.1, 0.15) is 17.3 Å². The second-order valence-corrected chi connectivity index (χ2v) is 11.9. The van der Waals surface area contributed by atoms with Crippen LogP contribution in [-0.4, -0.2) is 109 Å². The first kappa shape index (κ1) is 27.7. The molecule has 3 heterocycles. The molecule has 3 aromatic rings. The summed E-state index contributed by atoms with van der Waals surface area (Å²) in [6.07, 6.45) is 1.64. The molecular weight excluding hydrogens is 530 g/mol. The van der Waals surface area contributed by atoms with Crippen molar-refractivity contribution in [2.45, 2.75) is 11.8 Å². The Morgan fingerprint density at radius 2 is 1.43 bits per heavy atom. The zero-order chi connectivity index (χ0) is 28.3. The number of aromatic nitrogens is 2. The van der Waals surface area contributed by atoms with Gasteiger partial charge in [0.15, 0.2) is 0 Å². The molecule has 0 atom stereocenters. The largest absolute Gasteiger partial charge is 0.339 e. The number of piperazine rings is 2. The Labute approximate surface area is 234 Å². The van der Waals surface area contributed by atoms with Crippen molar-refractivity contribution in [2.75, 3.05) is 64.7 Å². The fourth-order valence-electron chi connectivity index (χ4n) is 4.79. The molecule has 2 aliphatic heterocycles. The number of rotatable bonds is 6. The lowest BCUT2D eigenvalue weighted by Crippen LogP contribution is -2.50. The average molecular weight is 564 g/mol. The van der Waals surface area contributed by atoms with Gasteiger partial charge in [0, 0.05) is 82.3 Å². The van der Waals surface area contributed by atoms with Crippen LogP contribution in [0.4, 0.5) is 11.6 Å². The lowest BCUT2D eigenvalue weighted by atomic mass is 10.1. The summed E-state index contributed by atoms with van der Waals surface area (Å²) in [5.74, 6) is 0.345. The number of likely N-dealkylation sites (N-methyl/N-ethyl adjacent to an activating group) is 1. The van der Waals surface area contributed by atoms with Crippen molar-refractivity contribution < 1.29 is 18.0 Å². The van der Waals surface area contributed by atoms with Crippen molar-refractivity contribution in [3.8, 4) is 11.3 Å². The van der Waals surface area contributed by atoms with E-state index in [0.29, 0.717) is 69.6 Å². The zero-order valence-electron chi connectivity index (χ0n) is 22.7. The highest BCUT2D eigenvalue weighted by Gasteiger charge is 2.27. The number of benzene rings is 2. The lowest BCUT2D eigenvalue weighted by Gasteiger charge is -2.34. The molecule has 1 N–H and O–H groups in total. The molecule has 0 radical (unpaired) electrons. The summed E-state index contributed by atoms with van der Waals surface area (Å²) in [7, 11) is -1.55. The smallest absolute Gasteiger partial charge is 0.253 e. The van der Waals surface area contributed by atoms with Gasteiger partial charge in [-0.25, -0.2) is 18.4 Å². The monoisotopic (exact) mass is 563 g/mol. The van der Waals surface area contributed by atoms with Gasteiger partial charge in [-0.3, -0.25) is 9.59 Å². The fourth-order valence-corrected chi connectivity index (χ4v) is 6.21. The van der Waals surface area contributed by atoms with Crippen LogP contribution in [0.3, 0.4) is 0 Å². The predicted octanol–water partition coefficient (Wildman–Crippen LogP) is 2.13. The zero-order valence-corrected chi connectivity index (χ0v) is 23.5. The van der Waals surface area contributed by atoms with Crippen LogP contribution >= 0.6 is 0 Å². The van der Waals surface area contributed by atoms with E-state index < -0.39 is 10.0 Å². The number of carbonyl (C=O) groups excluding carboxylic acids is 2. The van der Waals surface area contributed by atoms with Crippen molar-refractivity contribution in [1.29, 1.82) is 0 Å². The van der Waals surface area contributed by atoms with Gasteiger partial charge in [-0.05, 0) is 49.5 Å². The summed E-state index contributed by atoms with van der Waals surface area (Å²) in [6.45, 7) is 6.06. The number of amides is 2. The number of carbonyl (C=O) groups is 2. The van der Waals surface area contributed by atoms with Crippen molar-refractivity contribution >= 4 is 33.5 Å². The second-order valence-electron chi connectivity index (χ2n) is 10.00. The molecule has 2 saturated heterocycles. The van der Waals surface area contributed by atoms with E-state index in [1.54, 1.807) is 77.5 Å². The van der Waals surface area contributed by atoms with Gasteiger partial charge in [0.25, 0.3) is 5.91 Å². The number of hydrogen-bond donors (Lipinski definition) is 1. The molecule has 0 unspecified atom stereocenters. The first-order valence-electron chi connectivity index (χ1n) is 13.2. The Bertz CT molecular complexity index is 1460. The quantitative estimate of drug-likeness (QED) is 0.485. The lowest BCUT2D eigenvalue weighted by molar-refractivity contribution is -0.130. The van der Waals surface area contributed by atoms with E-state index in [-0.39, 0.29) is 16.7 Å². The third-order valence-corrected chi connectivity index (χ3v) is 9.22. The van der Waals surface area contributed by atoms with Gasteiger partial charge in [0.2, 0.25) is 21.9 Å². The van der Waals surface area contributed by atoms with E-state index in [4.69, 9.17) is 0 Å². The minimum atomic E-state index is -3.54. The van der Waals surface area contributed by atoms with E-state index in [0.717, 1.165) is 11.3 Å². The average Bonchev–Trinajstić information content (AvgIpc) is 2.98. The molecule has 0 saturated carbocycles. The van der Waals surface area contributed by atoms with Crippen LogP contribution < -0.4 is 5.32 Å². The second kappa shape index (κ2) is 11.7. The maximum absolute atomic E-state index is 13.0. The fraction of sp³-hybridized carbons (Fsp3) is 0.357. The Hall–Kier alpha value is -3.87. The van der Waals surface area contributed by atoms with E-state index >= 15 is 0 Å². The van der Waals surface area contributed by atoms with Crippen LogP contribution in [0.2, 0.25) is 0 Å². The number of anilines is 2. The molecule has 2 aliphatic rings. The molecular formula is C28H33N7O4S. The third-order valence-electron chi connectivity index (χ3n) is 7.31. The standard InChI is InChI=1S/C28H33N7O4S/c1-21(36)33-15-17-34(18-16-33)27(37)23-3-7-24(8-4-23)30-28-29-12-11-26(31-28)22-5-9-25(10-6-22)40(38,39)35-19-13-32(2)14-20-35/h3-12H,13-20H2,1-2H3,(H,29,30,31). The Morgan fingerprint density at radius 1 is 0.800 bits per heavy atom. The third kappa shape index (κ3) is 6.14. The van der Waals surface area contributed by atoms with Crippen molar-refractivity contribution in [3.05, 3.63) is 66.4 Å². The van der Waals surface area contributed by atoms with Gasteiger partial charge in [0.05, 0.1) is 10.6 Å². The SMILES string of the molecule is CC(=O)N1CCN(C(=O)c2ccc(Nc3nccc(-c4ccc(S(=O)(=O)N5CCN(C)CC5)cc4)n3)cc2)CC1. The molecule has 12 heteroatoms. The Kier molecular flexibility index (Phi) is 8.10. The van der Waals surface area contributed by atoms with Gasteiger partial charge < -0.3 is 20.0 Å². The summed E-state index contributed by atoms with van der Waals surface area (Å²) >= 11 is 0. The van der Waals surface area contributed by atoms with Gasteiger partial charge in [-0.15, -0.1) is 0 Å². The molecule has 5 rings (SSSR count). The van der Waals surface area contributed by atoms with Crippen LogP contribution in [0.15, 0.2) is 65.7 Å². The summed E-state index contributed by atoms with van der Waals surface area (Å²) in [5.41, 5.74) is 2.72. The first-order chi connectivity index (χ1) is 19.2. The van der Waals surface area contributed by atoms with Crippen molar-refractivity contribution in [2.24, 2.45) is 0 Å². The number of hydrogen-bond acceptors (Lipinski definition) is 8. The van der Waals surface area contributed by atoms with E-state index in [9.17, 15) is 18.0 Å². The van der Waals surface area contributed by atoms with Crippen LogP contribution in [0.25, 0.3) is 11.3 Å². The highest BCUT2D eigenvalue weighted by Crippen LogP contribution is 2.24. The molecule has 2 amide bonds. The molecule has 2 aromatic carbocycles. The summed E-state index contributed by atoms with van der Waals surface area (Å²) < 4.78 is 27.6. The van der Waals surface area contributed by atoms with E-state index in [1.165, 1.54) is 4.31 Å². The van der Waals surface area contributed by atoms with E-state index in [2.05, 4.69) is 20.2 Å². The van der Waals surface area contributed by atoms with Crippen molar-refractivity contribution in [1.82, 2.24) is 29.0 Å². The van der Waals surface area contributed by atoms with Crippen LogP contribution in [0.5, 0.6) is 0 Å². The molecule has 40 heavy (non-hydrogen) atoms. The minimum absolute atomic E-state index is 0.0278. The van der Waals surface area contributed by atoms with E-state index in [1.807, 2.05) is 7.05 Å². The molecule has 0 aliphatic carbocycles. The molecule has 1 aromatic heterocycles. The Balaban J connectivity index is 1.22. The molecule has 0 bridgehead atoms. The molecule has 0 spiro atoms. The molecule has 11 nitrogen and oxygen atoms in total. The maximum atomic E-state index is 13.0. The number of nitrogens with one attached hydrogen (secondary N) is 1. The topological polar surface area (TPSA) is 119 Å². The number of nitrogens with zero attached hydrogens (tertiary/aromatic N) is 6. The van der Waals surface area contributed by atoms with Gasteiger partial charge in [-0.1, -0.05) is 12.1 Å². The summed E-state index contributed by atoms with van der Waals surface area (Å²) in [6, 6.07) is 15.6. The van der Waals surface area contributed by atoms with Crippen LogP contribution in [0, 0.1) is 0 Å². The highest BCUT2D eigenvalue weighted by molar-refractivity contribution is 7.89. The molecule has 2 fully saturated rings. The first-order valence-corrected chi connectivity index (χ1v) is 14.7. The van der Waals surface area contributed by atoms with Gasteiger partial charge >= 0.3 is 0 Å². The maximum Gasteiger partial charge on any atom is 0.253 e. The summed E-state index contributed by atoms with van der Waals surface area (Å²) in [5, 5.41) is 3.16.